The summed E-state index contributed by atoms with van der Waals surface area (Å²) in [6.07, 6.45) is 9.40. The third kappa shape index (κ3) is 11.6. The van der Waals surface area contributed by atoms with Crippen molar-refractivity contribution in [1.29, 1.82) is 0 Å². The van der Waals surface area contributed by atoms with Crippen LogP contribution in [0.3, 0.4) is 0 Å². The summed E-state index contributed by atoms with van der Waals surface area (Å²) in [6.45, 7) is 10.4. The molecule has 0 aromatic heterocycles. The van der Waals surface area contributed by atoms with E-state index in [2.05, 4.69) is 27.7 Å². The Hall–Kier alpha value is 0.920. The van der Waals surface area contributed by atoms with E-state index in [0.717, 1.165) is 26.1 Å². The summed E-state index contributed by atoms with van der Waals surface area (Å²) in [4.78, 5) is 0. The van der Waals surface area contributed by atoms with Crippen LogP contribution in [0.1, 0.15) is 79.1 Å². The van der Waals surface area contributed by atoms with Crippen LogP contribution < -0.4 is 0 Å². The number of hydrogen-bond acceptors (Lipinski definition) is 4. The van der Waals surface area contributed by atoms with Crippen LogP contribution in [0, 0.1) is 0 Å². The molecule has 0 spiro atoms. The van der Waals surface area contributed by atoms with Crippen molar-refractivity contribution < 1.29 is 9.05 Å². The maximum Gasteiger partial charge on any atom is 0.247 e. The lowest BCUT2D eigenvalue weighted by molar-refractivity contribution is 0.250. The van der Waals surface area contributed by atoms with Crippen LogP contribution in [0.4, 0.5) is 0 Å². The van der Waals surface area contributed by atoms with E-state index >= 15 is 0 Å². The molecular formula is C15H33O2PS2. The second kappa shape index (κ2) is 13.6. The van der Waals surface area contributed by atoms with E-state index in [0.29, 0.717) is 5.25 Å². The van der Waals surface area contributed by atoms with E-state index in [4.69, 9.17) is 20.9 Å². The summed E-state index contributed by atoms with van der Waals surface area (Å²) < 4.78 is 12.0. The van der Waals surface area contributed by atoms with Crippen LogP contribution in [0.25, 0.3) is 0 Å². The molecule has 0 aliphatic heterocycles. The zero-order valence-electron chi connectivity index (χ0n) is 13.7. The van der Waals surface area contributed by atoms with Crippen LogP contribution in [0.2, 0.25) is 0 Å². The lowest BCUT2D eigenvalue weighted by atomic mass is 10.3. The Morgan fingerprint density at radius 2 is 1.40 bits per heavy atom. The summed E-state index contributed by atoms with van der Waals surface area (Å²) in [5.74, 6) is 0. The van der Waals surface area contributed by atoms with Crippen molar-refractivity contribution in [2.24, 2.45) is 0 Å². The molecule has 0 heterocycles. The smallest absolute Gasteiger partial charge is 0.247 e. The molecule has 1 unspecified atom stereocenters. The summed E-state index contributed by atoms with van der Waals surface area (Å²) in [6, 6.07) is 0. The first-order chi connectivity index (χ1) is 9.58. The number of unbranched alkanes of at least 4 members (excludes halogenated alkanes) is 4. The highest BCUT2D eigenvalue weighted by molar-refractivity contribution is 8.68. The third-order valence-electron chi connectivity index (χ3n) is 3.00. The molecule has 20 heavy (non-hydrogen) atoms. The fourth-order valence-electron chi connectivity index (χ4n) is 1.83. The molecule has 0 fully saturated rings. The van der Waals surface area contributed by atoms with E-state index in [1.165, 1.54) is 38.5 Å². The first-order valence-electron chi connectivity index (χ1n) is 8.15. The SMILES string of the molecule is CCCCCOP(=S)(OCCCCC)SC(C)CCC. The molecule has 0 saturated carbocycles. The maximum atomic E-state index is 6.00. The first-order valence-corrected chi connectivity index (χ1v) is 12.3. The molecule has 0 aromatic rings. The summed E-state index contributed by atoms with van der Waals surface area (Å²) in [7, 11) is 0. The van der Waals surface area contributed by atoms with Crippen LogP contribution in [-0.4, -0.2) is 18.5 Å². The average molecular weight is 341 g/mol. The summed E-state index contributed by atoms with van der Waals surface area (Å²) in [5, 5.41) is 0.531. The van der Waals surface area contributed by atoms with E-state index < -0.39 is 5.69 Å². The third-order valence-corrected chi connectivity index (χ3v) is 8.74. The lowest BCUT2D eigenvalue weighted by Gasteiger charge is -2.24. The van der Waals surface area contributed by atoms with E-state index in [1.54, 1.807) is 11.4 Å². The second-order valence-corrected chi connectivity index (χ2v) is 11.9. The quantitative estimate of drug-likeness (QED) is 0.264. The highest BCUT2D eigenvalue weighted by Gasteiger charge is 2.23. The standard InChI is InChI=1S/C15H33O2PS2/c1-5-8-10-13-16-18(19,17-14-11-9-6-2)20-15(4)12-7-3/h15H,5-14H2,1-4H3. The molecule has 0 radical (unpaired) electrons. The topological polar surface area (TPSA) is 18.5 Å². The van der Waals surface area contributed by atoms with Crippen LogP contribution in [0.5, 0.6) is 0 Å². The molecule has 0 amide bonds. The maximum absolute atomic E-state index is 6.00. The van der Waals surface area contributed by atoms with Gasteiger partial charge in [-0.3, -0.25) is 0 Å². The highest BCUT2D eigenvalue weighted by Crippen LogP contribution is 2.63. The Bertz CT molecular complexity index is 246. The number of hydrogen-bond donors (Lipinski definition) is 0. The first kappa shape index (κ1) is 20.9. The van der Waals surface area contributed by atoms with Gasteiger partial charge in [-0.1, -0.05) is 71.2 Å². The molecule has 2 nitrogen and oxygen atoms in total. The van der Waals surface area contributed by atoms with Crippen molar-refractivity contribution in [2.75, 3.05) is 13.2 Å². The van der Waals surface area contributed by atoms with Gasteiger partial charge in [0.1, 0.15) is 0 Å². The van der Waals surface area contributed by atoms with Gasteiger partial charge in [-0.2, -0.15) is 0 Å². The van der Waals surface area contributed by atoms with Crippen molar-refractivity contribution in [1.82, 2.24) is 0 Å². The molecule has 5 heteroatoms. The van der Waals surface area contributed by atoms with Gasteiger partial charge in [0.2, 0.25) is 5.69 Å². The number of rotatable bonds is 14. The molecule has 0 aromatic carbocycles. The van der Waals surface area contributed by atoms with Crippen molar-refractivity contribution >= 4 is 28.9 Å². The molecule has 122 valence electrons. The predicted octanol–water partition coefficient (Wildman–Crippen LogP) is 6.55. The summed E-state index contributed by atoms with van der Waals surface area (Å²) in [5.41, 5.74) is -2.14. The fraction of sp³-hybridized carbons (Fsp3) is 1.00. The average Bonchev–Trinajstić information content (AvgIpc) is 2.40. The monoisotopic (exact) mass is 340 g/mol. The molecule has 0 rings (SSSR count). The Morgan fingerprint density at radius 1 is 0.900 bits per heavy atom. The van der Waals surface area contributed by atoms with Gasteiger partial charge >= 0.3 is 0 Å². The largest absolute Gasteiger partial charge is 0.322 e. The highest BCUT2D eigenvalue weighted by atomic mass is 32.9. The molecule has 1 atom stereocenters. The molecule has 0 bridgehead atoms. The van der Waals surface area contributed by atoms with Crippen molar-refractivity contribution in [2.45, 2.75) is 84.3 Å². The summed E-state index contributed by atoms with van der Waals surface area (Å²) >= 11 is 7.49. The second-order valence-electron chi connectivity index (χ2n) is 5.23. The molecule has 0 saturated heterocycles. The van der Waals surface area contributed by atoms with Gasteiger partial charge in [-0.15, -0.1) is 0 Å². The van der Waals surface area contributed by atoms with Crippen LogP contribution in [-0.2, 0) is 20.9 Å². The van der Waals surface area contributed by atoms with Gasteiger partial charge in [0.05, 0.1) is 13.2 Å². The van der Waals surface area contributed by atoms with E-state index in [-0.39, 0.29) is 0 Å². The minimum atomic E-state index is -2.14. The van der Waals surface area contributed by atoms with Gasteiger partial charge in [0.25, 0.3) is 0 Å². The van der Waals surface area contributed by atoms with Gasteiger partial charge in [-0.25, -0.2) is 0 Å². The van der Waals surface area contributed by atoms with Crippen molar-refractivity contribution in [3.8, 4) is 0 Å². The zero-order chi connectivity index (χ0) is 15.3. The Labute approximate surface area is 135 Å². The Kier molecular flexibility index (Phi) is 14.2. The van der Waals surface area contributed by atoms with Gasteiger partial charge in [0, 0.05) is 5.25 Å². The van der Waals surface area contributed by atoms with Gasteiger partial charge in [0.15, 0.2) is 0 Å². The van der Waals surface area contributed by atoms with Crippen molar-refractivity contribution in [3.05, 3.63) is 0 Å². The molecular weight excluding hydrogens is 307 g/mol. The molecule has 0 aliphatic carbocycles. The Balaban J connectivity index is 4.22. The normalized spacial score (nSPS) is 13.6. The molecule has 0 N–H and O–H groups in total. The van der Waals surface area contributed by atoms with Crippen molar-refractivity contribution in [3.63, 3.8) is 0 Å². The van der Waals surface area contributed by atoms with Crippen LogP contribution in [0.15, 0.2) is 0 Å². The van der Waals surface area contributed by atoms with E-state index in [9.17, 15) is 0 Å². The van der Waals surface area contributed by atoms with Gasteiger partial charge in [-0.05, 0) is 31.1 Å². The lowest BCUT2D eigenvalue weighted by Crippen LogP contribution is -2.02. The fourth-order valence-corrected chi connectivity index (χ4v) is 7.74. The Morgan fingerprint density at radius 3 is 1.80 bits per heavy atom. The molecule has 0 aliphatic rings. The van der Waals surface area contributed by atoms with Gasteiger partial charge < -0.3 is 9.05 Å². The minimum absolute atomic E-state index is 0.531. The minimum Gasteiger partial charge on any atom is -0.322 e. The van der Waals surface area contributed by atoms with Crippen LogP contribution >= 0.6 is 17.1 Å². The predicted molar refractivity (Wildman–Crippen MR) is 97.2 cm³/mol. The van der Waals surface area contributed by atoms with E-state index in [1.807, 2.05) is 0 Å². The zero-order valence-corrected chi connectivity index (χ0v) is 16.3.